The second-order valence-corrected chi connectivity index (χ2v) is 3.64. The van der Waals surface area contributed by atoms with E-state index >= 15 is 0 Å². The maximum atomic E-state index is 11.4. The molecule has 1 unspecified atom stereocenters. The first kappa shape index (κ1) is 16.3. The lowest BCUT2D eigenvalue weighted by molar-refractivity contribution is -0.122. The molecular weight excluding hydrogens is 224 g/mol. The van der Waals surface area contributed by atoms with Gasteiger partial charge in [-0.3, -0.25) is 4.79 Å². The molecule has 0 heterocycles. The lowest BCUT2D eigenvalue weighted by Gasteiger charge is -2.11. The summed E-state index contributed by atoms with van der Waals surface area (Å²) < 4.78 is 14.9. The van der Waals surface area contributed by atoms with Crippen molar-refractivity contribution in [2.24, 2.45) is 5.73 Å². The van der Waals surface area contributed by atoms with Crippen molar-refractivity contribution in [1.29, 1.82) is 0 Å². The number of hydrogen-bond donors (Lipinski definition) is 2. The van der Waals surface area contributed by atoms with Gasteiger partial charge in [0.15, 0.2) is 0 Å². The highest BCUT2D eigenvalue weighted by atomic mass is 16.5. The molecule has 0 spiro atoms. The summed E-state index contributed by atoms with van der Waals surface area (Å²) in [6.07, 6.45) is 1.30. The number of ether oxygens (including phenoxy) is 3. The molecule has 0 aromatic rings. The lowest BCUT2D eigenvalue weighted by atomic mass is 10.2. The zero-order chi connectivity index (χ0) is 12.9. The van der Waals surface area contributed by atoms with Crippen LogP contribution in [0.15, 0.2) is 0 Å². The third-order valence-corrected chi connectivity index (χ3v) is 2.17. The zero-order valence-corrected chi connectivity index (χ0v) is 10.7. The average molecular weight is 248 g/mol. The van der Waals surface area contributed by atoms with Crippen molar-refractivity contribution in [3.63, 3.8) is 0 Å². The zero-order valence-electron chi connectivity index (χ0n) is 10.7. The van der Waals surface area contributed by atoms with E-state index in [9.17, 15) is 4.79 Å². The number of nitrogens with two attached hydrogens (primary N) is 1. The monoisotopic (exact) mass is 248 g/mol. The van der Waals surface area contributed by atoms with Crippen LogP contribution in [0.3, 0.4) is 0 Å². The minimum absolute atomic E-state index is 0.140. The molecule has 0 fully saturated rings. The van der Waals surface area contributed by atoms with Crippen LogP contribution in [0.5, 0.6) is 0 Å². The summed E-state index contributed by atoms with van der Waals surface area (Å²) in [6, 6.07) is -0.496. The Kier molecular flexibility index (Phi) is 11.3. The van der Waals surface area contributed by atoms with Crippen LogP contribution in [0.25, 0.3) is 0 Å². The first-order valence-corrected chi connectivity index (χ1v) is 5.81. The fourth-order valence-corrected chi connectivity index (χ4v) is 1.14. The Balaban J connectivity index is 3.32. The molecular formula is C11H24N2O4. The van der Waals surface area contributed by atoms with Gasteiger partial charge in [-0.05, 0) is 12.8 Å². The largest absolute Gasteiger partial charge is 0.385 e. The molecule has 1 atom stereocenters. The van der Waals surface area contributed by atoms with E-state index in [0.717, 1.165) is 6.42 Å². The van der Waals surface area contributed by atoms with Gasteiger partial charge >= 0.3 is 0 Å². The maximum Gasteiger partial charge on any atom is 0.237 e. The van der Waals surface area contributed by atoms with Crippen molar-refractivity contribution in [1.82, 2.24) is 5.32 Å². The van der Waals surface area contributed by atoms with Crippen LogP contribution >= 0.6 is 0 Å². The SMILES string of the molecule is COCCOCCCNC(=O)C(N)CCOC. The van der Waals surface area contributed by atoms with Crippen LogP contribution < -0.4 is 11.1 Å². The summed E-state index contributed by atoms with van der Waals surface area (Å²) >= 11 is 0. The van der Waals surface area contributed by atoms with E-state index in [0.29, 0.717) is 39.4 Å². The third kappa shape index (κ3) is 10.2. The standard InChI is InChI=1S/C11H24N2O4/c1-15-7-4-10(12)11(14)13-5-3-6-17-9-8-16-2/h10H,3-9,12H2,1-2H3,(H,13,14). The van der Waals surface area contributed by atoms with Gasteiger partial charge in [0.25, 0.3) is 0 Å². The van der Waals surface area contributed by atoms with Gasteiger partial charge in [0.05, 0.1) is 19.3 Å². The molecule has 1 amide bonds. The molecule has 0 aliphatic carbocycles. The summed E-state index contributed by atoms with van der Waals surface area (Å²) in [5.74, 6) is -0.140. The fraction of sp³-hybridized carbons (Fsp3) is 0.909. The smallest absolute Gasteiger partial charge is 0.237 e. The molecule has 6 nitrogen and oxygen atoms in total. The number of hydrogen-bond acceptors (Lipinski definition) is 5. The van der Waals surface area contributed by atoms with Gasteiger partial charge in [0.1, 0.15) is 0 Å². The van der Waals surface area contributed by atoms with Gasteiger partial charge in [0.2, 0.25) is 5.91 Å². The summed E-state index contributed by atoms with van der Waals surface area (Å²) in [6.45, 7) is 2.85. The molecule has 0 rings (SSSR count). The van der Waals surface area contributed by atoms with Crippen molar-refractivity contribution in [3.8, 4) is 0 Å². The molecule has 0 aliphatic heterocycles. The molecule has 0 aliphatic rings. The van der Waals surface area contributed by atoms with E-state index in [1.165, 1.54) is 0 Å². The molecule has 0 bridgehead atoms. The predicted octanol–water partition coefficient (Wildman–Crippen LogP) is -0.480. The van der Waals surface area contributed by atoms with Crippen LogP contribution in [0.4, 0.5) is 0 Å². The second kappa shape index (κ2) is 11.8. The molecule has 6 heteroatoms. The number of rotatable bonds is 11. The van der Waals surface area contributed by atoms with E-state index in [1.54, 1.807) is 14.2 Å². The Morgan fingerprint density at radius 2 is 1.88 bits per heavy atom. The number of amides is 1. The normalized spacial score (nSPS) is 12.4. The van der Waals surface area contributed by atoms with Crippen molar-refractivity contribution in [2.75, 3.05) is 47.2 Å². The molecule has 17 heavy (non-hydrogen) atoms. The minimum atomic E-state index is -0.496. The van der Waals surface area contributed by atoms with Crippen molar-refractivity contribution in [2.45, 2.75) is 18.9 Å². The van der Waals surface area contributed by atoms with Crippen LogP contribution in [0.1, 0.15) is 12.8 Å². The van der Waals surface area contributed by atoms with Crippen molar-refractivity contribution < 1.29 is 19.0 Å². The molecule has 0 radical (unpaired) electrons. The van der Waals surface area contributed by atoms with Gasteiger partial charge in [-0.15, -0.1) is 0 Å². The van der Waals surface area contributed by atoms with Gasteiger partial charge < -0.3 is 25.3 Å². The fourth-order valence-electron chi connectivity index (χ4n) is 1.14. The van der Waals surface area contributed by atoms with Crippen LogP contribution in [0, 0.1) is 0 Å². The highest BCUT2D eigenvalue weighted by Gasteiger charge is 2.11. The quantitative estimate of drug-likeness (QED) is 0.483. The van der Waals surface area contributed by atoms with Crippen LogP contribution in [0.2, 0.25) is 0 Å². The Bertz CT molecular complexity index is 190. The summed E-state index contributed by atoms with van der Waals surface area (Å²) in [4.78, 5) is 11.4. The van der Waals surface area contributed by atoms with Crippen LogP contribution in [-0.4, -0.2) is 59.1 Å². The van der Waals surface area contributed by atoms with E-state index in [4.69, 9.17) is 19.9 Å². The van der Waals surface area contributed by atoms with Gasteiger partial charge in [0, 0.05) is 34.0 Å². The molecule has 0 saturated heterocycles. The Labute approximate surface area is 103 Å². The summed E-state index contributed by atoms with van der Waals surface area (Å²) in [7, 11) is 3.22. The van der Waals surface area contributed by atoms with Crippen molar-refractivity contribution in [3.05, 3.63) is 0 Å². The number of methoxy groups -OCH3 is 2. The average Bonchev–Trinajstić information content (AvgIpc) is 2.34. The highest BCUT2D eigenvalue weighted by Crippen LogP contribution is 1.89. The lowest BCUT2D eigenvalue weighted by Crippen LogP contribution is -2.41. The minimum Gasteiger partial charge on any atom is -0.385 e. The maximum absolute atomic E-state index is 11.4. The molecule has 3 N–H and O–H groups in total. The van der Waals surface area contributed by atoms with Crippen molar-refractivity contribution >= 4 is 5.91 Å². The van der Waals surface area contributed by atoms with Gasteiger partial charge in [-0.25, -0.2) is 0 Å². The van der Waals surface area contributed by atoms with E-state index in [2.05, 4.69) is 5.32 Å². The number of carbonyl (C=O) groups excluding carboxylic acids is 1. The highest BCUT2D eigenvalue weighted by molar-refractivity contribution is 5.81. The second-order valence-electron chi connectivity index (χ2n) is 3.64. The van der Waals surface area contributed by atoms with Gasteiger partial charge in [-0.1, -0.05) is 0 Å². The Morgan fingerprint density at radius 3 is 2.53 bits per heavy atom. The summed E-state index contributed by atoms with van der Waals surface area (Å²) in [5, 5.41) is 2.75. The molecule has 0 aromatic heterocycles. The van der Waals surface area contributed by atoms with Crippen LogP contribution in [-0.2, 0) is 19.0 Å². The van der Waals surface area contributed by atoms with E-state index in [-0.39, 0.29) is 5.91 Å². The molecule has 102 valence electrons. The Morgan fingerprint density at radius 1 is 1.18 bits per heavy atom. The summed E-state index contributed by atoms with van der Waals surface area (Å²) in [5.41, 5.74) is 5.64. The van der Waals surface area contributed by atoms with Gasteiger partial charge in [-0.2, -0.15) is 0 Å². The molecule has 0 saturated carbocycles. The Hall–Kier alpha value is -0.690. The topological polar surface area (TPSA) is 82.8 Å². The van der Waals surface area contributed by atoms with E-state index in [1.807, 2.05) is 0 Å². The van der Waals surface area contributed by atoms with E-state index < -0.39 is 6.04 Å². The number of nitrogens with one attached hydrogen (secondary N) is 1. The predicted molar refractivity (Wildman–Crippen MR) is 64.8 cm³/mol. The third-order valence-electron chi connectivity index (χ3n) is 2.17. The number of carbonyl (C=O) groups is 1. The molecule has 0 aromatic carbocycles. The first-order valence-electron chi connectivity index (χ1n) is 5.81. The first-order chi connectivity index (χ1) is 8.22.